The van der Waals surface area contributed by atoms with Crippen molar-refractivity contribution in [3.05, 3.63) is 78.7 Å². The van der Waals surface area contributed by atoms with Crippen LogP contribution in [0.2, 0.25) is 0 Å². The lowest BCUT2D eigenvalue weighted by Crippen LogP contribution is -2.02. The Morgan fingerprint density at radius 3 is 2.82 bits per heavy atom. The summed E-state index contributed by atoms with van der Waals surface area (Å²) in [5.74, 6) is 0. The monoisotopic (exact) mass is 436 g/mol. The molecule has 0 aliphatic rings. The highest BCUT2D eigenvalue weighted by atomic mass is 15.2. The summed E-state index contributed by atoms with van der Waals surface area (Å²) in [6, 6.07) is 5.90. The van der Waals surface area contributed by atoms with E-state index < -0.39 is 0 Å². The number of fused-ring (bicyclic) bond motifs is 1. The highest BCUT2D eigenvalue weighted by Gasteiger charge is 2.13. The van der Waals surface area contributed by atoms with Gasteiger partial charge >= 0.3 is 0 Å². The lowest BCUT2D eigenvalue weighted by atomic mass is 10.0. The van der Waals surface area contributed by atoms with E-state index in [1.165, 1.54) is 0 Å². The lowest BCUT2D eigenvalue weighted by molar-refractivity contribution is 0.989. The van der Waals surface area contributed by atoms with E-state index in [4.69, 9.17) is 0 Å². The molecule has 0 saturated carbocycles. The molecule has 8 heteroatoms. The minimum atomic E-state index is 0.476. The Labute approximate surface area is 192 Å². The normalized spacial score (nSPS) is 11.8. The van der Waals surface area contributed by atoms with Crippen molar-refractivity contribution >= 4 is 40.9 Å². The molecule has 0 radical (unpaired) electrons. The second-order valence-electron chi connectivity index (χ2n) is 7.47. The first kappa shape index (κ1) is 21.8. The maximum atomic E-state index is 4.50. The fraction of sp³-hybridized carbons (Fsp3) is 0.120. The van der Waals surface area contributed by atoms with Crippen LogP contribution in [0.4, 0.5) is 11.4 Å². The zero-order valence-electron chi connectivity index (χ0n) is 18.6. The average molecular weight is 437 g/mol. The van der Waals surface area contributed by atoms with Crippen LogP contribution in [0.15, 0.2) is 77.4 Å². The number of pyridine rings is 3. The standard InChI is InChI=1S/C25H24N8/c1-16(2)8-18(10-26-3)19-9-20-22(32-33-25(20)31-12-19)15-30-23-14-29-13-21(24(23)27-4)17-6-5-7-28-11-17/h5-14,30H,1,4,15H2,2-3H3,(H,31,32,33)/b18-8+,26-10?. The Morgan fingerprint density at radius 2 is 2.09 bits per heavy atom. The second-order valence-corrected chi connectivity index (χ2v) is 7.47. The van der Waals surface area contributed by atoms with Crippen molar-refractivity contribution in [2.24, 2.45) is 9.98 Å². The van der Waals surface area contributed by atoms with Gasteiger partial charge in [-0.15, -0.1) is 0 Å². The van der Waals surface area contributed by atoms with Crippen molar-refractivity contribution in [3.63, 3.8) is 0 Å². The molecule has 33 heavy (non-hydrogen) atoms. The van der Waals surface area contributed by atoms with Gasteiger partial charge in [0.1, 0.15) is 0 Å². The first-order chi connectivity index (χ1) is 16.1. The number of nitrogens with zero attached hydrogens (tertiary/aromatic N) is 6. The number of anilines is 1. The zero-order valence-corrected chi connectivity index (χ0v) is 18.6. The van der Waals surface area contributed by atoms with Crippen LogP contribution in [0.25, 0.3) is 27.7 Å². The first-order valence-electron chi connectivity index (χ1n) is 10.3. The molecule has 164 valence electrons. The van der Waals surface area contributed by atoms with Crippen LogP contribution in [-0.2, 0) is 6.54 Å². The van der Waals surface area contributed by atoms with Gasteiger partial charge in [-0.3, -0.25) is 25.1 Å². The number of aromatic nitrogens is 5. The molecule has 0 aromatic carbocycles. The molecule has 0 amide bonds. The maximum Gasteiger partial charge on any atom is 0.181 e. The minimum Gasteiger partial charge on any atom is -0.376 e. The predicted molar refractivity (Wildman–Crippen MR) is 135 cm³/mol. The number of rotatable bonds is 8. The van der Waals surface area contributed by atoms with Gasteiger partial charge in [0.2, 0.25) is 0 Å². The summed E-state index contributed by atoms with van der Waals surface area (Å²) in [6.07, 6.45) is 12.6. The van der Waals surface area contributed by atoms with Crippen LogP contribution in [0.5, 0.6) is 0 Å². The van der Waals surface area contributed by atoms with Crippen LogP contribution in [0.1, 0.15) is 18.2 Å². The maximum absolute atomic E-state index is 4.50. The van der Waals surface area contributed by atoms with Crippen molar-refractivity contribution in [1.29, 1.82) is 0 Å². The van der Waals surface area contributed by atoms with Gasteiger partial charge in [-0.25, -0.2) is 4.98 Å². The summed E-state index contributed by atoms with van der Waals surface area (Å²) in [6.45, 7) is 10.1. The highest BCUT2D eigenvalue weighted by Crippen LogP contribution is 2.35. The van der Waals surface area contributed by atoms with Crippen molar-refractivity contribution < 1.29 is 0 Å². The van der Waals surface area contributed by atoms with E-state index in [-0.39, 0.29) is 0 Å². The molecular weight excluding hydrogens is 412 g/mol. The average Bonchev–Trinajstić information content (AvgIpc) is 3.24. The van der Waals surface area contributed by atoms with E-state index >= 15 is 0 Å². The van der Waals surface area contributed by atoms with Gasteiger partial charge < -0.3 is 5.32 Å². The molecule has 4 heterocycles. The number of allylic oxidation sites excluding steroid dienone is 3. The van der Waals surface area contributed by atoms with Gasteiger partial charge in [-0.1, -0.05) is 24.3 Å². The smallest absolute Gasteiger partial charge is 0.181 e. The van der Waals surface area contributed by atoms with Crippen molar-refractivity contribution in [3.8, 4) is 11.1 Å². The van der Waals surface area contributed by atoms with Gasteiger partial charge in [0.25, 0.3) is 0 Å². The molecule has 0 aliphatic heterocycles. The van der Waals surface area contributed by atoms with Gasteiger partial charge in [-0.05, 0) is 25.8 Å². The van der Waals surface area contributed by atoms with E-state index in [9.17, 15) is 0 Å². The molecule has 0 bridgehead atoms. The fourth-order valence-electron chi connectivity index (χ4n) is 3.51. The van der Waals surface area contributed by atoms with Crippen LogP contribution in [-0.4, -0.2) is 45.1 Å². The van der Waals surface area contributed by atoms with Gasteiger partial charge in [-0.2, -0.15) is 5.10 Å². The fourth-order valence-corrected chi connectivity index (χ4v) is 3.51. The highest BCUT2D eigenvalue weighted by molar-refractivity contribution is 6.11. The Kier molecular flexibility index (Phi) is 6.45. The van der Waals surface area contributed by atoms with Crippen molar-refractivity contribution in [2.45, 2.75) is 13.5 Å². The molecule has 2 N–H and O–H groups in total. The Balaban J connectivity index is 1.66. The Morgan fingerprint density at radius 1 is 1.21 bits per heavy atom. The molecular formula is C25H24N8. The Bertz CT molecular complexity index is 1370. The molecule has 8 nitrogen and oxygen atoms in total. The molecule has 0 spiro atoms. The number of aliphatic imine (C=N–C) groups is 2. The summed E-state index contributed by atoms with van der Waals surface area (Å²) in [5.41, 5.74) is 7.60. The predicted octanol–water partition coefficient (Wildman–Crippen LogP) is 5.02. The zero-order chi connectivity index (χ0) is 23.2. The number of H-pyrrole nitrogens is 1. The summed E-state index contributed by atoms with van der Waals surface area (Å²) in [7, 11) is 1.74. The topological polar surface area (TPSA) is 104 Å². The number of aromatic amines is 1. The van der Waals surface area contributed by atoms with Gasteiger partial charge in [0.15, 0.2) is 5.65 Å². The minimum absolute atomic E-state index is 0.476. The third-order valence-electron chi connectivity index (χ3n) is 5.00. The molecule has 0 fully saturated rings. The van der Waals surface area contributed by atoms with Crippen LogP contribution >= 0.6 is 0 Å². The lowest BCUT2D eigenvalue weighted by Gasteiger charge is -2.12. The summed E-state index contributed by atoms with van der Waals surface area (Å²) in [5, 5.41) is 11.7. The second kappa shape index (κ2) is 9.78. The molecule has 0 saturated heterocycles. The summed E-state index contributed by atoms with van der Waals surface area (Å²) < 4.78 is 0. The van der Waals surface area contributed by atoms with E-state index in [0.717, 1.165) is 44.6 Å². The quantitative estimate of drug-likeness (QED) is 0.298. The van der Waals surface area contributed by atoms with Gasteiger partial charge in [0, 0.05) is 65.7 Å². The van der Waals surface area contributed by atoms with Crippen molar-refractivity contribution in [1.82, 2.24) is 25.1 Å². The summed E-state index contributed by atoms with van der Waals surface area (Å²) in [4.78, 5) is 21.5. The van der Waals surface area contributed by atoms with E-state index in [1.54, 1.807) is 44.2 Å². The number of hydrogen-bond acceptors (Lipinski definition) is 7. The first-order valence-corrected chi connectivity index (χ1v) is 10.3. The molecule has 4 aromatic rings. The largest absolute Gasteiger partial charge is 0.376 e. The van der Waals surface area contributed by atoms with E-state index in [1.807, 2.05) is 25.1 Å². The Hall–Kier alpha value is -4.46. The summed E-state index contributed by atoms with van der Waals surface area (Å²) >= 11 is 0. The van der Waals surface area contributed by atoms with E-state index in [0.29, 0.717) is 17.9 Å². The third-order valence-corrected chi connectivity index (χ3v) is 5.00. The third kappa shape index (κ3) is 4.74. The van der Waals surface area contributed by atoms with Crippen LogP contribution < -0.4 is 5.32 Å². The molecule has 0 unspecified atom stereocenters. The SMILES string of the molecule is C=Nc1c(NCc2[nH]nc3ncc(/C(C=NC)=C/C(=C)C)cc23)cncc1-c1cccnc1. The molecule has 4 aromatic heterocycles. The molecule has 4 rings (SSSR count). The number of hydrogen-bond donors (Lipinski definition) is 2. The molecule has 0 atom stereocenters. The van der Waals surface area contributed by atoms with Crippen LogP contribution in [0.3, 0.4) is 0 Å². The molecule has 0 aliphatic carbocycles. The van der Waals surface area contributed by atoms with Gasteiger partial charge in [0.05, 0.1) is 29.8 Å². The van der Waals surface area contributed by atoms with E-state index in [2.05, 4.69) is 59.8 Å². The van der Waals surface area contributed by atoms with Crippen LogP contribution in [0, 0.1) is 0 Å². The number of nitrogens with one attached hydrogen (secondary N) is 2. The van der Waals surface area contributed by atoms with Crippen molar-refractivity contribution in [2.75, 3.05) is 12.4 Å².